The first-order valence-corrected chi connectivity index (χ1v) is 13.4. The van der Waals surface area contributed by atoms with Gasteiger partial charge in [0.2, 0.25) is 0 Å². The largest absolute Gasteiger partial charge is 0.540 e. The molecule has 0 radical (unpaired) electrons. The van der Waals surface area contributed by atoms with E-state index < -0.39 is 16.6 Å². The van der Waals surface area contributed by atoms with E-state index in [9.17, 15) is 0 Å². The molecule has 0 saturated carbocycles. The highest BCUT2D eigenvalue weighted by atomic mass is 28.4. The van der Waals surface area contributed by atoms with Gasteiger partial charge in [0, 0.05) is 0 Å². The van der Waals surface area contributed by atoms with Crippen LogP contribution in [0.25, 0.3) is 10.8 Å². The molecule has 4 heteroatoms. The monoisotopic (exact) mass is 328 g/mol. The van der Waals surface area contributed by atoms with Crippen LogP contribution in [0.5, 0.6) is 11.5 Å². The Morgan fingerprint density at radius 3 is 1.50 bits per heavy atom. The number of rotatable bonds is 6. The van der Waals surface area contributed by atoms with E-state index in [2.05, 4.69) is 63.6 Å². The van der Waals surface area contributed by atoms with E-state index in [-0.39, 0.29) is 0 Å². The zero-order valence-corrected chi connectivity index (χ0v) is 15.8. The van der Waals surface area contributed by atoms with Crippen molar-refractivity contribution in [3.63, 3.8) is 0 Å². The summed E-state index contributed by atoms with van der Waals surface area (Å²) in [5.41, 5.74) is 3.88. The first-order chi connectivity index (χ1) is 10.2. The van der Waals surface area contributed by atoms with Crippen molar-refractivity contribution >= 4 is 27.4 Å². The summed E-state index contributed by atoms with van der Waals surface area (Å²) in [4.78, 5) is 0. The minimum atomic E-state index is -1.84. The zero-order chi connectivity index (χ0) is 16.4. The molecule has 0 amide bonds. The SMILES string of the molecule is C=C[Si](C)(C)Oc1ccc2ccc(O[Si](C)(C)C=C)cc2c1. The number of benzene rings is 2. The predicted octanol–water partition coefficient (Wildman–Crippen LogP) is 5.46. The van der Waals surface area contributed by atoms with Gasteiger partial charge in [-0.05, 0) is 61.2 Å². The van der Waals surface area contributed by atoms with Gasteiger partial charge in [-0.25, -0.2) is 0 Å². The average molecular weight is 329 g/mol. The average Bonchev–Trinajstić information content (AvgIpc) is 2.46. The van der Waals surface area contributed by atoms with Gasteiger partial charge in [0.1, 0.15) is 11.5 Å². The molecule has 0 aliphatic heterocycles. The second kappa shape index (κ2) is 6.14. The molecule has 2 aromatic carbocycles. The Morgan fingerprint density at radius 1 is 0.727 bits per heavy atom. The van der Waals surface area contributed by atoms with E-state index >= 15 is 0 Å². The summed E-state index contributed by atoms with van der Waals surface area (Å²) in [6.45, 7) is 16.2. The second-order valence-corrected chi connectivity index (χ2v) is 14.1. The lowest BCUT2D eigenvalue weighted by Crippen LogP contribution is -2.31. The van der Waals surface area contributed by atoms with Crippen LogP contribution in [0.2, 0.25) is 26.2 Å². The van der Waals surface area contributed by atoms with Crippen LogP contribution in [0, 0.1) is 0 Å². The summed E-state index contributed by atoms with van der Waals surface area (Å²) in [7, 11) is -3.67. The van der Waals surface area contributed by atoms with Gasteiger partial charge < -0.3 is 8.85 Å². The van der Waals surface area contributed by atoms with Gasteiger partial charge in [0.05, 0.1) is 0 Å². The molecule has 0 atom stereocenters. The molecule has 0 aromatic heterocycles. The zero-order valence-electron chi connectivity index (χ0n) is 13.8. The van der Waals surface area contributed by atoms with Crippen LogP contribution in [0.4, 0.5) is 0 Å². The maximum atomic E-state index is 6.09. The summed E-state index contributed by atoms with van der Waals surface area (Å²) in [5, 5.41) is 2.30. The molecule has 0 aliphatic rings. The van der Waals surface area contributed by atoms with Crippen LogP contribution >= 0.6 is 0 Å². The highest BCUT2D eigenvalue weighted by molar-refractivity contribution is 6.77. The van der Waals surface area contributed by atoms with E-state index in [1.54, 1.807) is 0 Å². The van der Waals surface area contributed by atoms with Crippen molar-refractivity contribution in [3.8, 4) is 11.5 Å². The molecule has 0 unspecified atom stereocenters. The fraction of sp³-hybridized carbons (Fsp3) is 0.222. The predicted molar refractivity (Wildman–Crippen MR) is 101 cm³/mol. The van der Waals surface area contributed by atoms with E-state index in [1.165, 1.54) is 5.39 Å². The van der Waals surface area contributed by atoms with Crippen LogP contribution in [0.1, 0.15) is 0 Å². The number of hydrogen-bond donors (Lipinski definition) is 0. The molecular formula is C18H24O2Si2. The molecule has 2 rings (SSSR count). The number of fused-ring (bicyclic) bond motifs is 1. The van der Waals surface area contributed by atoms with Crippen LogP contribution < -0.4 is 8.85 Å². The topological polar surface area (TPSA) is 18.5 Å². The lowest BCUT2D eigenvalue weighted by molar-refractivity contribution is 0.562. The molecule has 116 valence electrons. The molecule has 0 N–H and O–H groups in total. The van der Waals surface area contributed by atoms with Gasteiger partial charge in [-0.2, -0.15) is 0 Å². The van der Waals surface area contributed by atoms with Gasteiger partial charge >= 0.3 is 0 Å². The Labute approximate surface area is 135 Å². The van der Waals surface area contributed by atoms with Gasteiger partial charge in [0.15, 0.2) is 0 Å². The van der Waals surface area contributed by atoms with Crippen molar-refractivity contribution in [2.45, 2.75) is 26.2 Å². The Morgan fingerprint density at radius 2 is 1.14 bits per heavy atom. The maximum absolute atomic E-state index is 6.09. The summed E-state index contributed by atoms with van der Waals surface area (Å²) < 4.78 is 12.2. The smallest absolute Gasteiger partial charge is 0.269 e. The highest BCUT2D eigenvalue weighted by Gasteiger charge is 2.20. The summed E-state index contributed by atoms with van der Waals surface area (Å²) in [6.07, 6.45) is 0. The molecule has 0 aliphatic carbocycles. The molecular weight excluding hydrogens is 304 g/mol. The number of hydrogen-bond acceptors (Lipinski definition) is 2. The van der Waals surface area contributed by atoms with Crippen molar-refractivity contribution in [1.82, 2.24) is 0 Å². The minimum absolute atomic E-state index is 0.890. The lowest BCUT2D eigenvalue weighted by Gasteiger charge is -2.21. The van der Waals surface area contributed by atoms with E-state index in [0.717, 1.165) is 16.9 Å². The molecule has 22 heavy (non-hydrogen) atoms. The molecule has 0 spiro atoms. The lowest BCUT2D eigenvalue weighted by atomic mass is 10.1. The third-order valence-electron chi connectivity index (χ3n) is 3.53. The van der Waals surface area contributed by atoms with Crippen LogP contribution in [0.15, 0.2) is 61.0 Å². The summed E-state index contributed by atoms with van der Waals surface area (Å²) >= 11 is 0. The first kappa shape index (κ1) is 16.6. The normalized spacial score (nSPS) is 12.0. The van der Waals surface area contributed by atoms with E-state index in [1.807, 2.05) is 23.5 Å². The quantitative estimate of drug-likeness (QED) is 0.656. The minimum Gasteiger partial charge on any atom is -0.540 e. The Balaban J connectivity index is 2.34. The highest BCUT2D eigenvalue weighted by Crippen LogP contribution is 2.28. The van der Waals surface area contributed by atoms with Crippen molar-refractivity contribution in [2.24, 2.45) is 0 Å². The van der Waals surface area contributed by atoms with Gasteiger partial charge in [-0.3, -0.25) is 0 Å². The Bertz CT molecular complexity index is 649. The standard InChI is InChI=1S/C18H24O2Si2/c1-7-21(3,4)19-17-11-9-15-10-12-18(14-16(15)13-17)20-22(5,6)8-2/h7-14H,1-2H2,3-6H3. The molecule has 0 saturated heterocycles. The maximum Gasteiger partial charge on any atom is 0.269 e. The van der Waals surface area contributed by atoms with Crippen molar-refractivity contribution in [1.29, 1.82) is 0 Å². The van der Waals surface area contributed by atoms with Gasteiger partial charge in [-0.1, -0.05) is 23.5 Å². The van der Waals surface area contributed by atoms with Crippen molar-refractivity contribution < 1.29 is 8.85 Å². The van der Waals surface area contributed by atoms with Gasteiger partial charge in [0.25, 0.3) is 16.6 Å². The first-order valence-electron chi connectivity index (χ1n) is 7.44. The van der Waals surface area contributed by atoms with Crippen LogP contribution in [-0.4, -0.2) is 16.6 Å². The van der Waals surface area contributed by atoms with Crippen molar-refractivity contribution in [3.05, 3.63) is 61.0 Å². The van der Waals surface area contributed by atoms with E-state index in [4.69, 9.17) is 8.85 Å². The molecule has 2 aromatic rings. The fourth-order valence-corrected chi connectivity index (χ4v) is 3.66. The molecule has 0 heterocycles. The fourth-order valence-electron chi connectivity index (χ4n) is 2.02. The molecule has 0 fully saturated rings. The third-order valence-corrected chi connectivity index (χ3v) is 7.02. The van der Waals surface area contributed by atoms with Crippen molar-refractivity contribution in [2.75, 3.05) is 0 Å². The Kier molecular flexibility index (Phi) is 4.63. The molecule has 0 bridgehead atoms. The third kappa shape index (κ3) is 4.12. The van der Waals surface area contributed by atoms with E-state index in [0.29, 0.717) is 0 Å². The van der Waals surface area contributed by atoms with Crippen LogP contribution in [-0.2, 0) is 0 Å². The molecule has 2 nitrogen and oxygen atoms in total. The second-order valence-electron chi connectivity index (χ2n) is 6.49. The Hall–Kier alpha value is -1.79. The summed E-state index contributed by atoms with van der Waals surface area (Å²) in [6, 6.07) is 12.3. The summed E-state index contributed by atoms with van der Waals surface area (Å²) in [5.74, 6) is 1.78. The van der Waals surface area contributed by atoms with Gasteiger partial charge in [-0.15, -0.1) is 13.2 Å². The van der Waals surface area contributed by atoms with Crippen LogP contribution in [0.3, 0.4) is 0 Å².